The number of ether oxygens (including phenoxy) is 2. The Balaban J connectivity index is 0.00000450. The molecule has 9 nitrogen and oxygen atoms in total. The molecule has 0 spiro atoms. The van der Waals surface area contributed by atoms with Crippen LogP contribution in [0.3, 0.4) is 0 Å². The van der Waals surface area contributed by atoms with E-state index in [9.17, 15) is 38.0 Å². The minimum atomic E-state index is -4.57. The molecule has 0 heterocycles. The fraction of sp³-hybridized carbons (Fsp3) is 0.176. The lowest BCUT2D eigenvalue weighted by molar-refractivity contribution is -0.565. The van der Waals surface area contributed by atoms with E-state index in [2.05, 4.69) is 4.74 Å². The van der Waals surface area contributed by atoms with Crippen molar-refractivity contribution < 1.29 is 42.3 Å². The van der Waals surface area contributed by atoms with Gasteiger partial charge in [-0.25, -0.2) is 0 Å². The minimum Gasteiger partial charge on any atom is -0.540 e. The highest BCUT2D eigenvalue weighted by Gasteiger charge is 2.31. The summed E-state index contributed by atoms with van der Waals surface area (Å²) in [5.41, 5.74) is -0.726. The van der Waals surface area contributed by atoms with E-state index < -0.39 is 41.3 Å². The molecule has 2 aromatic carbocycles. The van der Waals surface area contributed by atoms with Gasteiger partial charge in [-0.1, -0.05) is 23.7 Å². The fourth-order valence-corrected chi connectivity index (χ4v) is 2.34. The summed E-state index contributed by atoms with van der Waals surface area (Å²) in [6.07, 6.45) is -7.75. The van der Waals surface area contributed by atoms with E-state index in [1.807, 2.05) is 0 Å². The number of nitro groups is 1. The van der Waals surface area contributed by atoms with Gasteiger partial charge in [-0.05, 0) is 35.9 Å². The van der Waals surface area contributed by atoms with E-state index in [0.29, 0.717) is 6.07 Å². The molecule has 0 aliphatic heterocycles. The van der Waals surface area contributed by atoms with Gasteiger partial charge in [-0.3, -0.25) is 14.9 Å². The molecule has 4 N–H and O–H groups in total. The molecule has 0 fully saturated rings. The van der Waals surface area contributed by atoms with Gasteiger partial charge in [-0.2, -0.15) is 13.2 Å². The molecule has 2 aromatic rings. The number of carbonyl (C=O) groups excluding carboxylic acids is 2. The lowest BCUT2D eigenvalue weighted by Crippen LogP contribution is -2.44. The smallest absolute Gasteiger partial charge is 0.416 e. The van der Waals surface area contributed by atoms with Crippen molar-refractivity contribution in [3.63, 3.8) is 0 Å². The molecule has 0 amide bonds. The molecule has 0 saturated carbocycles. The largest absolute Gasteiger partial charge is 0.540 e. The predicted octanol–water partition coefficient (Wildman–Crippen LogP) is 2.97. The SMILES string of the molecule is O=C(Cc1cccc(Oc2ccc(C(F)(F)F)cc2Cl)c1)OC(C(=O)[O-])[N+](=O)[O-].[NH4+]. The Bertz CT molecular complexity index is 939. The van der Waals surface area contributed by atoms with Gasteiger partial charge < -0.3 is 25.5 Å². The van der Waals surface area contributed by atoms with Crippen LogP contribution in [0.4, 0.5) is 13.2 Å². The summed E-state index contributed by atoms with van der Waals surface area (Å²) in [5.74, 6) is -3.37. The minimum absolute atomic E-state index is 0. The number of quaternary nitrogens is 1. The van der Waals surface area contributed by atoms with Crippen LogP contribution in [-0.2, 0) is 26.9 Å². The van der Waals surface area contributed by atoms with Crippen molar-refractivity contribution in [3.8, 4) is 11.5 Å². The van der Waals surface area contributed by atoms with Crippen LogP contribution in [0.5, 0.6) is 11.5 Å². The first kappa shape index (κ1) is 24.7. The highest BCUT2D eigenvalue weighted by Crippen LogP contribution is 2.36. The summed E-state index contributed by atoms with van der Waals surface area (Å²) in [5, 5.41) is 20.8. The van der Waals surface area contributed by atoms with Gasteiger partial charge in [0.15, 0.2) is 5.97 Å². The average Bonchev–Trinajstić information content (AvgIpc) is 2.60. The molecule has 0 aliphatic carbocycles. The number of nitrogens with zero attached hydrogens (tertiary/aromatic N) is 1. The Hall–Kier alpha value is -3.38. The van der Waals surface area contributed by atoms with Crippen LogP contribution in [0.2, 0.25) is 5.02 Å². The van der Waals surface area contributed by atoms with Crippen LogP contribution in [0.25, 0.3) is 0 Å². The van der Waals surface area contributed by atoms with Gasteiger partial charge in [0.25, 0.3) is 0 Å². The van der Waals surface area contributed by atoms with E-state index in [4.69, 9.17) is 16.3 Å². The molecule has 0 aliphatic rings. The number of hydrogen-bond donors (Lipinski definition) is 1. The van der Waals surface area contributed by atoms with E-state index in [0.717, 1.165) is 12.1 Å². The molecular weight excluding hydrogens is 437 g/mol. The molecule has 30 heavy (non-hydrogen) atoms. The van der Waals surface area contributed by atoms with Crippen LogP contribution in [-0.4, -0.2) is 23.1 Å². The summed E-state index contributed by atoms with van der Waals surface area (Å²) < 4.78 is 47.6. The van der Waals surface area contributed by atoms with Gasteiger partial charge >= 0.3 is 18.4 Å². The summed E-state index contributed by atoms with van der Waals surface area (Å²) in [6, 6.07) is 8.06. The van der Waals surface area contributed by atoms with Crippen molar-refractivity contribution >= 4 is 23.5 Å². The fourth-order valence-electron chi connectivity index (χ4n) is 2.12. The third kappa shape index (κ3) is 6.60. The Kier molecular flexibility index (Phi) is 8.13. The van der Waals surface area contributed by atoms with Crippen molar-refractivity contribution in [1.82, 2.24) is 6.15 Å². The van der Waals surface area contributed by atoms with E-state index in [1.54, 1.807) is 0 Å². The first-order chi connectivity index (χ1) is 13.5. The summed E-state index contributed by atoms with van der Waals surface area (Å²) >= 11 is 5.80. The predicted molar refractivity (Wildman–Crippen MR) is 94.5 cm³/mol. The lowest BCUT2D eigenvalue weighted by Gasteiger charge is -2.12. The van der Waals surface area contributed by atoms with Gasteiger partial charge in [0.05, 0.1) is 21.9 Å². The normalized spacial score (nSPS) is 11.7. The van der Waals surface area contributed by atoms with Crippen LogP contribution < -0.4 is 16.0 Å². The topological polar surface area (TPSA) is 155 Å². The first-order valence-corrected chi connectivity index (χ1v) is 8.02. The average molecular weight is 451 g/mol. The zero-order valence-electron chi connectivity index (χ0n) is 15.1. The molecule has 0 aromatic heterocycles. The van der Waals surface area contributed by atoms with Crippen molar-refractivity contribution in [2.45, 2.75) is 18.8 Å². The number of halogens is 4. The van der Waals surface area contributed by atoms with Crippen LogP contribution >= 0.6 is 11.6 Å². The summed E-state index contributed by atoms with van der Waals surface area (Å²) in [7, 11) is 0. The van der Waals surface area contributed by atoms with Crippen LogP contribution in [0.1, 0.15) is 11.1 Å². The van der Waals surface area contributed by atoms with Gasteiger partial charge in [-0.15, -0.1) is 0 Å². The van der Waals surface area contributed by atoms with E-state index >= 15 is 0 Å². The maximum atomic E-state index is 12.7. The maximum Gasteiger partial charge on any atom is 0.416 e. The number of carboxylic acid groups (broad SMARTS) is 1. The molecular formula is C17H14ClF3N2O7. The van der Waals surface area contributed by atoms with E-state index in [1.165, 1.54) is 24.3 Å². The second-order valence-electron chi connectivity index (χ2n) is 5.52. The third-order valence-corrected chi connectivity index (χ3v) is 3.67. The standard InChI is InChI=1S/C17H11ClF3NO7.H3N/c18-12-8-10(17(19,20)21)4-5-13(12)28-11-3-1-2-9(6-11)7-14(23)29-15(16(24)25)22(26)27;/h1-6,8,15H,7H2,(H,24,25);1H3. The van der Waals surface area contributed by atoms with Crippen LogP contribution in [0, 0.1) is 10.1 Å². The lowest BCUT2D eigenvalue weighted by atomic mass is 10.1. The van der Waals surface area contributed by atoms with Crippen molar-refractivity contribution in [3.05, 3.63) is 68.7 Å². The molecule has 162 valence electrons. The Morgan fingerprint density at radius 3 is 2.37 bits per heavy atom. The molecule has 1 atom stereocenters. The highest BCUT2D eigenvalue weighted by atomic mass is 35.5. The second-order valence-corrected chi connectivity index (χ2v) is 5.92. The Morgan fingerprint density at radius 1 is 1.17 bits per heavy atom. The number of aliphatic carboxylic acids is 1. The highest BCUT2D eigenvalue weighted by molar-refractivity contribution is 6.32. The molecule has 0 radical (unpaired) electrons. The molecule has 0 saturated heterocycles. The Morgan fingerprint density at radius 2 is 1.83 bits per heavy atom. The monoisotopic (exact) mass is 450 g/mol. The summed E-state index contributed by atoms with van der Waals surface area (Å²) in [6.45, 7) is 0. The van der Waals surface area contributed by atoms with E-state index in [-0.39, 0.29) is 28.2 Å². The van der Waals surface area contributed by atoms with Gasteiger partial charge in [0, 0.05) is 0 Å². The number of carbonyl (C=O) groups is 2. The molecule has 13 heteroatoms. The number of benzene rings is 2. The molecule has 2 rings (SSSR count). The number of rotatable bonds is 7. The second kappa shape index (κ2) is 9.89. The maximum absolute atomic E-state index is 12.7. The first-order valence-electron chi connectivity index (χ1n) is 7.64. The zero-order valence-corrected chi connectivity index (χ0v) is 15.9. The van der Waals surface area contributed by atoms with Crippen molar-refractivity contribution in [1.29, 1.82) is 0 Å². The third-order valence-electron chi connectivity index (χ3n) is 3.37. The zero-order chi connectivity index (χ0) is 21.8. The van der Waals surface area contributed by atoms with Gasteiger partial charge in [0.1, 0.15) is 11.5 Å². The van der Waals surface area contributed by atoms with Crippen LogP contribution in [0.15, 0.2) is 42.5 Å². The van der Waals surface area contributed by atoms with Crippen molar-refractivity contribution in [2.75, 3.05) is 0 Å². The number of esters is 1. The van der Waals surface area contributed by atoms with Gasteiger partial charge in [0.2, 0.25) is 0 Å². The number of carboxylic acids is 1. The quantitative estimate of drug-likeness (QED) is 0.294. The molecule has 0 bridgehead atoms. The summed E-state index contributed by atoms with van der Waals surface area (Å²) in [4.78, 5) is 31.4. The van der Waals surface area contributed by atoms with Crippen molar-refractivity contribution in [2.24, 2.45) is 0 Å². The number of hydrogen-bond acceptors (Lipinski definition) is 7. The Labute approximate surface area is 171 Å². The molecule has 1 unspecified atom stereocenters. The number of alkyl halides is 3.